The second-order valence-electron chi connectivity index (χ2n) is 7.25. The molecule has 1 N–H and O–H groups in total. The first-order chi connectivity index (χ1) is 15.3. The van der Waals surface area contributed by atoms with Crippen LogP contribution in [0.5, 0.6) is 0 Å². The number of hydrogen-bond donors (Lipinski definition) is 1. The van der Waals surface area contributed by atoms with Gasteiger partial charge >= 0.3 is 0 Å². The molecular weight excluding hydrogens is 470 g/mol. The van der Waals surface area contributed by atoms with Gasteiger partial charge in [0.05, 0.1) is 30.3 Å². The number of morpholine rings is 1. The maximum Gasteiger partial charge on any atom is 0.251 e. The molecule has 1 fully saturated rings. The molecule has 32 heavy (non-hydrogen) atoms. The number of carbonyl (C=O) groups is 1. The molecule has 3 aromatic rings. The lowest BCUT2D eigenvalue weighted by atomic mass is 10.1. The maximum absolute atomic E-state index is 12.9. The van der Waals surface area contributed by atoms with Crippen molar-refractivity contribution in [3.8, 4) is 11.3 Å². The van der Waals surface area contributed by atoms with E-state index in [0.717, 1.165) is 21.1 Å². The van der Waals surface area contributed by atoms with Crippen LogP contribution < -0.4 is 5.32 Å². The molecule has 7 nitrogen and oxygen atoms in total. The lowest BCUT2D eigenvalue weighted by molar-refractivity contribution is 0.0730. The van der Waals surface area contributed by atoms with Gasteiger partial charge in [0.15, 0.2) is 0 Å². The fourth-order valence-electron chi connectivity index (χ4n) is 3.39. The lowest BCUT2D eigenvalue weighted by Crippen LogP contribution is -2.40. The predicted octanol–water partition coefficient (Wildman–Crippen LogP) is 3.72. The Balaban J connectivity index is 1.45. The van der Waals surface area contributed by atoms with Gasteiger partial charge in [0, 0.05) is 34.1 Å². The summed E-state index contributed by atoms with van der Waals surface area (Å²) < 4.78 is 32.3. The molecule has 1 aliphatic rings. The molecule has 1 amide bonds. The molecule has 1 aliphatic heterocycles. The highest BCUT2D eigenvalue weighted by molar-refractivity contribution is 7.89. The first-order valence-corrected chi connectivity index (χ1v) is 12.7. The van der Waals surface area contributed by atoms with Crippen LogP contribution in [0.3, 0.4) is 0 Å². The van der Waals surface area contributed by atoms with Crippen molar-refractivity contribution in [3.63, 3.8) is 0 Å². The standard InChI is InChI=1S/C22H22ClN3O4S2/c1-15-21(16-5-7-18(23)8-6-16)25-20(31-15)14-24-22(27)17-3-2-4-19(13-17)32(28,29)26-9-11-30-12-10-26/h2-8,13H,9-12,14H2,1H3,(H,24,27). The summed E-state index contributed by atoms with van der Waals surface area (Å²) >= 11 is 7.46. The van der Waals surface area contributed by atoms with Gasteiger partial charge < -0.3 is 10.1 Å². The van der Waals surface area contributed by atoms with Gasteiger partial charge in [-0.1, -0.05) is 29.8 Å². The van der Waals surface area contributed by atoms with Crippen LogP contribution in [0, 0.1) is 6.92 Å². The smallest absolute Gasteiger partial charge is 0.251 e. The molecule has 2 aromatic carbocycles. The molecule has 2 heterocycles. The number of amides is 1. The van der Waals surface area contributed by atoms with Crippen molar-refractivity contribution in [1.82, 2.24) is 14.6 Å². The third kappa shape index (κ3) is 5.02. The van der Waals surface area contributed by atoms with Crippen LogP contribution in [0.15, 0.2) is 53.4 Å². The number of carbonyl (C=O) groups excluding carboxylic acids is 1. The van der Waals surface area contributed by atoms with Crippen LogP contribution in [-0.2, 0) is 21.3 Å². The van der Waals surface area contributed by atoms with E-state index in [-0.39, 0.29) is 22.9 Å². The quantitative estimate of drug-likeness (QED) is 0.567. The number of nitrogens with one attached hydrogen (secondary N) is 1. The van der Waals surface area contributed by atoms with Gasteiger partial charge in [-0.3, -0.25) is 4.79 Å². The number of ether oxygens (including phenoxy) is 1. The molecule has 10 heteroatoms. The normalized spacial score (nSPS) is 14.9. The van der Waals surface area contributed by atoms with Gasteiger partial charge in [0.2, 0.25) is 10.0 Å². The molecule has 0 bridgehead atoms. The lowest BCUT2D eigenvalue weighted by Gasteiger charge is -2.26. The van der Waals surface area contributed by atoms with Crippen LogP contribution in [0.4, 0.5) is 0 Å². The molecule has 0 aliphatic carbocycles. The summed E-state index contributed by atoms with van der Waals surface area (Å²) in [6, 6.07) is 13.5. The molecule has 0 spiro atoms. The highest BCUT2D eigenvalue weighted by Crippen LogP contribution is 2.28. The van der Waals surface area contributed by atoms with Gasteiger partial charge in [0.1, 0.15) is 5.01 Å². The van der Waals surface area contributed by atoms with Gasteiger partial charge in [-0.05, 0) is 37.3 Å². The average molecular weight is 492 g/mol. The molecule has 1 saturated heterocycles. The topological polar surface area (TPSA) is 88.6 Å². The summed E-state index contributed by atoms with van der Waals surface area (Å²) in [7, 11) is -3.67. The van der Waals surface area contributed by atoms with Crippen LogP contribution in [-0.4, -0.2) is 49.9 Å². The van der Waals surface area contributed by atoms with Crippen molar-refractivity contribution in [2.24, 2.45) is 0 Å². The van der Waals surface area contributed by atoms with E-state index >= 15 is 0 Å². The zero-order valence-corrected chi connectivity index (χ0v) is 19.8. The second kappa shape index (κ2) is 9.68. The SMILES string of the molecule is Cc1sc(CNC(=O)c2cccc(S(=O)(=O)N3CCOCC3)c2)nc1-c1ccc(Cl)cc1. The number of aromatic nitrogens is 1. The fourth-order valence-corrected chi connectivity index (χ4v) is 5.87. The summed E-state index contributed by atoms with van der Waals surface area (Å²) in [5.41, 5.74) is 2.10. The van der Waals surface area contributed by atoms with E-state index < -0.39 is 10.0 Å². The Kier molecular flexibility index (Phi) is 6.92. The van der Waals surface area contributed by atoms with E-state index in [1.54, 1.807) is 12.1 Å². The Morgan fingerprint density at radius 1 is 1.19 bits per heavy atom. The summed E-state index contributed by atoms with van der Waals surface area (Å²) in [6.45, 7) is 3.57. The Morgan fingerprint density at radius 2 is 1.91 bits per heavy atom. The number of nitrogens with zero attached hydrogens (tertiary/aromatic N) is 2. The van der Waals surface area contributed by atoms with Crippen LogP contribution >= 0.6 is 22.9 Å². The van der Waals surface area contributed by atoms with E-state index in [4.69, 9.17) is 16.3 Å². The largest absolute Gasteiger partial charge is 0.379 e. The van der Waals surface area contributed by atoms with Crippen molar-refractivity contribution in [1.29, 1.82) is 0 Å². The molecular formula is C22H22ClN3O4S2. The van der Waals surface area contributed by atoms with Gasteiger partial charge in [0.25, 0.3) is 5.91 Å². The first kappa shape index (κ1) is 22.9. The number of thiazole rings is 1. The minimum atomic E-state index is -3.67. The molecule has 0 saturated carbocycles. The highest BCUT2D eigenvalue weighted by atomic mass is 35.5. The monoisotopic (exact) mass is 491 g/mol. The zero-order valence-electron chi connectivity index (χ0n) is 17.4. The third-order valence-corrected chi connectivity index (χ3v) is 8.18. The van der Waals surface area contributed by atoms with E-state index in [2.05, 4.69) is 10.3 Å². The summed E-state index contributed by atoms with van der Waals surface area (Å²) in [4.78, 5) is 18.5. The Hall–Kier alpha value is -2.30. The minimum Gasteiger partial charge on any atom is -0.379 e. The molecule has 0 atom stereocenters. The van der Waals surface area contributed by atoms with Crippen molar-refractivity contribution in [2.75, 3.05) is 26.3 Å². The Bertz CT molecular complexity index is 1220. The first-order valence-electron chi connectivity index (χ1n) is 10.0. The average Bonchev–Trinajstić information content (AvgIpc) is 3.19. The number of rotatable bonds is 6. The second-order valence-corrected chi connectivity index (χ2v) is 10.9. The molecule has 0 unspecified atom stereocenters. The van der Waals surface area contributed by atoms with E-state index in [1.807, 2.05) is 31.2 Å². The maximum atomic E-state index is 12.9. The summed E-state index contributed by atoms with van der Waals surface area (Å²) in [5, 5.41) is 4.26. The van der Waals surface area contributed by atoms with E-state index in [0.29, 0.717) is 31.3 Å². The van der Waals surface area contributed by atoms with E-state index in [9.17, 15) is 13.2 Å². The molecule has 4 rings (SSSR count). The molecule has 1 aromatic heterocycles. The number of hydrogen-bond acceptors (Lipinski definition) is 6. The number of benzene rings is 2. The van der Waals surface area contributed by atoms with Gasteiger partial charge in [-0.25, -0.2) is 13.4 Å². The zero-order chi connectivity index (χ0) is 22.7. The Labute approximate surface area is 196 Å². The third-order valence-electron chi connectivity index (χ3n) is 5.06. The van der Waals surface area contributed by atoms with Crippen molar-refractivity contribution in [2.45, 2.75) is 18.4 Å². The van der Waals surface area contributed by atoms with Crippen LogP contribution in [0.1, 0.15) is 20.2 Å². The number of halogens is 1. The highest BCUT2D eigenvalue weighted by Gasteiger charge is 2.27. The van der Waals surface area contributed by atoms with Crippen LogP contribution in [0.25, 0.3) is 11.3 Å². The van der Waals surface area contributed by atoms with Gasteiger partial charge in [-0.2, -0.15) is 4.31 Å². The molecule has 168 valence electrons. The Morgan fingerprint density at radius 3 is 2.62 bits per heavy atom. The minimum absolute atomic E-state index is 0.0992. The van der Waals surface area contributed by atoms with Crippen molar-refractivity contribution < 1.29 is 17.9 Å². The van der Waals surface area contributed by atoms with Crippen LogP contribution in [0.2, 0.25) is 5.02 Å². The summed E-state index contributed by atoms with van der Waals surface area (Å²) in [5.74, 6) is -0.357. The molecule has 0 radical (unpaired) electrons. The van der Waals surface area contributed by atoms with Gasteiger partial charge in [-0.15, -0.1) is 11.3 Å². The van der Waals surface area contributed by atoms with E-state index in [1.165, 1.54) is 27.8 Å². The number of sulfonamides is 1. The van der Waals surface area contributed by atoms with Crippen molar-refractivity contribution in [3.05, 3.63) is 69.0 Å². The predicted molar refractivity (Wildman–Crippen MR) is 124 cm³/mol. The fraction of sp³-hybridized carbons (Fsp3) is 0.273. The van der Waals surface area contributed by atoms with Crippen molar-refractivity contribution >= 4 is 38.9 Å². The number of aryl methyl sites for hydroxylation is 1. The summed E-state index contributed by atoms with van der Waals surface area (Å²) in [6.07, 6.45) is 0.